The van der Waals surface area contributed by atoms with Crippen molar-refractivity contribution in [1.29, 1.82) is 0 Å². The Labute approximate surface area is 183 Å². The molecule has 1 spiro atoms. The smallest absolute Gasteiger partial charge is 0.326 e. The number of imide groups is 1. The molecule has 1 saturated heterocycles. The van der Waals surface area contributed by atoms with Gasteiger partial charge in [-0.25, -0.2) is 9.69 Å². The molecular formula is C22H22N4O6. The molecule has 0 bridgehead atoms. The first-order valence-electron chi connectivity index (χ1n) is 10.2. The second kappa shape index (κ2) is 7.95. The van der Waals surface area contributed by atoms with Gasteiger partial charge in [-0.2, -0.15) is 0 Å². The zero-order valence-corrected chi connectivity index (χ0v) is 17.6. The fourth-order valence-electron chi connectivity index (χ4n) is 4.39. The van der Waals surface area contributed by atoms with Gasteiger partial charge >= 0.3 is 6.03 Å². The van der Waals surface area contributed by atoms with E-state index in [4.69, 9.17) is 4.74 Å². The van der Waals surface area contributed by atoms with Crippen LogP contribution in [0.5, 0.6) is 5.75 Å². The molecule has 32 heavy (non-hydrogen) atoms. The number of ether oxygens (including phenoxy) is 1. The van der Waals surface area contributed by atoms with Gasteiger partial charge < -0.3 is 15.4 Å². The summed E-state index contributed by atoms with van der Waals surface area (Å²) in [4.78, 5) is 50.7. The number of nitro groups is 1. The summed E-state index contributed by atoms with van der Waals surface area (Å²) in [5.41, 5.74) is 0.390. The fourth-order valence-corrected chi connectivity index (χ4v) is 4.39. The van der Waals surface area contributed by atoms with E-state index in [-0.39, 0.29) is 17.1 Å². The molecule has 2 aromatic rings. The van der Waals surface area contributed by atoms with Crippen LogP contribution in [0.15, 0.2) is 42.5 Å². The lowest BCUT2D eigenvalue weighted by atomic mass is 9.76. The predicted molar refractivity (Wildman–Crippen MR) is 114 cm³/mol. The maximum Gasteiger partial charge on any atom is 0.326 e. The monoisotopic (exact) mass is 438 g/mol. The number of aryl methyl sites for hydroxylation is 1. The SMILES string of the molecule is COc1ccc([N+](=O)[O-])cc1NC(=O)C(C)N1C(=O)NC2(CCCc3ccccc32)C1=O. The van der Waals surface area contributed by atoms with Crippen LogP contribution in [0, 0.1) is 10.1 Å². The molecule has 2 aromatic carbocycles. The number of nitrogens with zero attached hydrogens (tertiary/aromatic N) is 2. The van der Waals surface area contributed by atoms with Crippen LogP contribution in [0.2, 0.25) is 0 Å². The second-order valence-electron chi connectivity index (χ2n) is 7.83. The molecule has 2 atom stereocenters. The molecule has 4 rings (SSSR count). The number of carbonyl (C=O) groups is 3. The Hall–Kier alpha value is -3.95. The molecule has 1 heterocycles. The summed E-state index contributed by atoms with van der Waals surface area (Å²) in [5, 5.41) is 16.4. The zero-order chi connectivity index (χ0) is 23.0. The van der Waals surface area contributed by atoms with Crippen LogP contribution in [0.1, 0.15) is 30.9 Å². The summed E-state index contributed by atoms with van der Waals surface area (Å²) < 4.78 is 5.16. The third-order valence-corrected chi connectivity index (χ3v) is 6.02. The van der Waals surface area contributed by atoms with E-state index in [0.717, 1.165) is 34.9 Å². The van der Waals surface area contributed by atoms with Crippen molar-refractivity contribution in [3.05, 3.63) is 63.7 Å². The Kier molecular flexibility index (Phi) is 5.29. The van der Waals surface area contributed by atoms with E-state index in [1.807, 2.05) is 24.3 Å². The number of rotatable bonds is 5. The van der Waals surface area contributed by atoms with E-state index in [2.05, 4.69) is 10.6 Å². The summed E-state index contributed by atoms with van der Waals surface area (Å²) >= 11 is 0. The van der Waals surface area contributed by atoms with Gasteiger partial charge in [-0.05, 0) is 43.4 Å². The van der Waals surface area contributed by atoms with Gasteiger partial charge in [-0.3, -0.25) is 19.7 Å². The molecule has 1 aliphatic carbocycles. The number of methoxy groups -OCH3 is 1. The largest absolute Gasteiger partial charge is 0.495 e. The highest BCUT2D eigenvalue weighted by molar-refractivity contribution is 6.11. The van der Waals surface area contributed by atoms with E-state index in [9.17, 15) is 24.5 Å². The first-order valence-corrected chi connectivity index (χ1v) is 10.2. The molecule has 2 unspecified atom stereocenters. The van der Waals surface area contributed by atoms with Gasteiger partial charge in [0.25, 0.3) is 11.6 Å². The number of anilines is 1. The van der Waals surface area contributed by atoms with Crippen molar-refractivity contribution in [1.82, 2.24) is 10.2 Å². The molecule has 2 aliphatic rings. The summed E-state index contributed by atoms with van der Waals surface area (Å²) in [6.45, 7) is 1.43. The Balaban J connectivity index is 1.61. The number of urea groups is 1. The van der Waals surface area contributed by atoms with Crippen molar-refractivity contribution in [3.63, 3.8) is 0 Å². The van der Waals surface area contributed by atoms with Gasteiger partial charge in [0.1, 0.15) is 17.3 Å². The van der Waals surface area contributed by atoms with Gasteiger partial charge in [0.15, 0.2) is 0 Å². The van der Waals surface area contributed by atoms with E-state index >= 15 is 0 Å². The van der Waals surface area contributed by atoms with Gasteiger partial charge in [0.2, 0.25) is 5.91 Å². The van der Waals surface area contributed by atoms with Crippen molar-refractivity contribution in [2.75, 3.05) is 12.4 Å². The number of nitrogens with one attached hydrogen (secondary N) is 2. The number of non-ortho nitro benzene ring substituents is 1. The lowest BCUT2D eigenvalue weighted by molar-refractivity contribution is -0.384. The summed E-state index contributed by atoms with van der Waals surface area (Å²) in [6, 6.07) is 9.43. The highest BCUT2D eigenvalue weighted by atomic mass is 16.6. The van der Waals surface area contributed by atoms with E-state index in [0.29, 0.717) is 6.42 Å². The second-order valence-corrected chi connectivity index (χ2v) is 7.83. The number of hydrogen-bond donors (Lipinski definition) is 2. The quantitative estimate of drug-likeness (QED) is 0.419. The standard InChI is InChI=1S/C22H22N4O6/c1-13(19(27)23-17-12-15(26(30)31)9-10-18(17)32-2)25-20(28)22(24-21(25)29)11-5-7-14-6-3-4-8-16(14)22/h3-4,6,8-10,12-13H,5,7,11H2,1-2H3,(H,23,27)(H,24,29). The fraction of sp³-hybridized carbons (Fsp3) is 0.318. The van der Waals surface area contributed by atoms with Crippen LogP contribution in [0.25, 0.3) is 0 Å². The van der Waals surface area contributed by atoms with E-state index < -0.39 is 34.3 Å². The van der Waals surface area contributed by atoms with Crippen LogP contribution in [0.4, 0.5) is 16.2 Å². The number of benzene rings is 2. The molecule has 1 aliphatic heterocycles. The highest BCUT2D eigenvalue weighted by Crippen LogP contribution is 2.40. The molecule has 2 N–H and O–H groups in total. The van der Waals surface area contributed by atoms with Crippen molar-refractivity contribution in [2.24, 2.45) is 0 Å². The van der Waals surface area contributed by atoms with Crippen molar-refractivity contribution in [2.45, 2.75) is 37.8 Å². The van der Waals surface area contributed by atoms with Gasteiger partial charge in [0.05, 0.1) is 17.7 Å². The molecule has 0 aromatic heterocycles. The Morgan fingerprint density at radius 2 is 2.03 bits per heavy atom. The van der Waals surface area contributed by atoms with Crippen LogP contribution < -0.4 is 15.4 Å². The molecule has 1 fully saturated rings. The molecule has 10 nitrogen and oxygen atoms in total. The number of hydrogen-bond acceptors (Lipinski definition) is 6. The lowest BCUT2D eigenvalue weighted by Crippen LogP contribution is -2.49. The van der Waals surface area contributed by atoms with Crippen LogP contribution in [-0.4, -0.2) is 40.8 Å². The summed E-state index contributed by atoms with van der Waals surface area (Å²) in [6.07, 6.45) is 1.98. The lowest BCUT2D eigenvalue weighted by Gasteiger charge is -2.33. The highest BCUT2D eigenvalue weighted by Gasteiger charge is 2.55. The average Bonchev–Trinajstić information content (AvgIpc) is 3.03. The maximum absolute atomic E-state index is 13.5. The number of amides is 4. The van der Waals surface area contributed by atoms with E-state index in [1.54, 1.807) is 0 Å². The molecule has 4 amide bonds. The minimum absolute atomic E-state index is 0.0725. The molecule has 10 heteroatoms. The molecular weight excluding hydrogens is 416 g/mol. The van der Waals surface area contributed by atoms with Crippen molar-refractivity contribution in [3.8, 4) is 5.75 Å². The Morgan fingerprint density at radius 1 is 1.28 bits per heavy atom. The van der Waals surface area contributed by atoms with Crippen molar-refractivity contribution < 1.29 is 24.0 Å². The minimum atomic E-state index is -1.19. The normalized spacial score (nSPS) is 20.5. The summed E-state index contributed by atoms with van der Waals surface area (Å²) in [5.74, 6) is -0.942. The third kappa shape index (κ3) is 3.33. The maximum atomic E-state index is 13.5. The van der Waals surface area contributed by atoms with Gasteiger partial charge in [-0.1, -0.05) is 24.3 Å². The van der Waals surface area contributed by atoms with Crippen LogP contribution >= 0.6 is 0 Å². The number of fused-ring (bicyclic) bond motifs is 2. The first-order chi connectivity index (χ1) is 15.3. The number of nitro benzene ring substituents is 1. The molecule has 0 saturated carbocycles. The molecule has 166 valence electrons. The van der Waals surface area contributed by atoms with Crippen molar-refractivity contribution >= 4 is 29.2 Å². The molecule has 0 radical (unpaired) electrons. The van der Waals surface area contributed by atoms with Crippen LogP contribution in [-0.2, 0) is 21.5 Å². The minimum Gasteiger partial charge on any atom is -0.495 e. The Bertz CT molecular complexity index is 1130. The van der Waals surface area contributed by atoms with E-state index in [1.165, 1.54) is 26.2 Å². The first kappa shape index (κ1) is 21.3. The zero-order valence-electron chi connectivity index (χ0n) is 17.6. The van der Waals surface area contributed by atoms with Gasteiger partial charge in [0, 0.05) is 12.1 Å². The van der Waals surface area contributed by atoms with Crippen LogP contribution in [0.3, 0.4) is 0 Å². The average molecular weight is 438 g/mol. The number of carbonyl (C=O) groups excluding carboxylic acids is 3. The van der Waals surface area contributed by atoms with Gasteiger partial charge in [-0.15, -0.1) is 0 Å². The summed E-state index contributed by atoms with van der Waals surface area (Å²) in [7, 11) is 1.36. The predicted octanol–water partition coefficient (Wildman–Crippen LogP) is 2.71. The third-order valence-electron chi connectivity index (χ3n) is 6.02. The Morgan fingerprint density at radius 3 is 2.75 bits per heavy atom. The topological polar surface area (TPSA) is 131 Å².